The van der Waals surface area contributed by atoms with Crippen molar-refractivity contribution in [3.63, 3.8) is 0 Å². The number of halogens is 18. The second-order valence-corrected chi connectivity index (χ2v) is 11.4. The standard InChI is InChI=1S/3C4Cl6/c3*5-1(3(7)8)2(6)4(9)10. The number of allylic oxidation sites excluding steroid dienone is 6. The summed E-state index contributed by atoms with van der Waals surface area (Å²) in [5, 5.41) is -0.389. The minimum Gasteiger partial charge on any atom is -0.0800 e. The van der Waals surface area contributed by atoms with Crippen LogP contribution in [0.3, 0.4) is 0 Å². The van der Waals surface area contributed by atoms with Crippen LogP contribution in [-0.2, 0) is 0 Å². The maximum Gasteiger partial charge on any atom is 0.127 e. The molecule has 0 aromatic rings. The third-order valence-corrected chi connectivity index (χ3v) is 7.56. The first kappa shape index (κ1) is 38.2. The maximum absolute atomic E-state index is 5.42. The van der Waals surface area contributed by atoms with Gasteiger partial charge in [0, 0.05) is 0 Å². The van der Waals surface area contributed by atoms with E-state index in [1.807, 2.05) is 0 Å². The Morgan fingerprint density at radius 1 is 0.167 bits per heavy atom. The highest BCUT2D eigenvalue weighted by atomic mass is 35.6. The van der Waals surface area contributed by atoms with E-state index in [-0.39, 0.29) is 57.1 Å². The van der Waals surface area contributed by atoms with Gasteiger partial charge in [0.25, 0.3) is 0 Å². The predicted octanol–water partition coefficient (Wildman–Crippen LogP) is 14.3. The fraction of sp³-hybridized carbons (Fsp3) is 0. The van der Waals surface area contributed by atoms with E-state index >= 15 is 0 Å². The van der Waals surface area contributed by atoms with Crippen LogP contribution >= 0.6 is 209 Å². The summed E-state index contributed by atoms with van der Waals surface area (Å²) in [5.41, 5.74) is 0. The van der Waals surface area contributed by atoms with Crippen LogP contribution in [0.1, 0.15) is 0 Å². The molecule has 0 aromatic carbocycles. The molecule has 18 heteroatoms. The molecule has 0 bridgehead atoms. The largest absolute Gasteiger partial charge is 0.127 e. The van der Waals surface area contributed by atoms with Gasteiger partial charge in [0.05, 0.1) is 30.2 Å². The van der Waals surface area contributed by atoms with Crippen molar-refractivity contribution in [3.8, 4) is 0 Å². The van der Waals surface area contributed by atoms with Crippen molar-refractivity contribution in [3.05, 3.63) is 57.1 Å². The van der Waals surface area contributed by atoms with Crippen molar-refractivity contribution in [1.29, 1.82) is 0 Å². The summed E-state index contributed by atoms with van der Waals surface area (Å²) in [6, 6.07) is 0. The van der Waals surface area contributed by atoms with E-state index in [4.69, 9.17) is 209 Å². The molecule has 0 rings (SSSR count). The SMILES string of the molecule is ClC(Cl)=C(Cl)C(Cl)=C(Cl)Cl.ClC(Cl)=C(Cl)C(Cl)=C(Cl)Cl.ClC(Cl)=C(Cl)C(Cl)=C(Cl)Cl. The van der Waals surface area contributed by atoms with Crippen LogP contribution in [0.15, 0.2) is 57.1 Å². The molecule has 0 saturated carbocycles. The lowest BCUT2D eigenvalue weighted by atomic mass is 10.6. The van der Waals surface area contributed by atoms with E-state index in [1.54, 1.807) is 0 Å². The minimum atomic E-state index is -0.175. The highest BCUT2D eigenvalue weighted by Crippen LogP contribution is 2.34. The van der Waals surface area contributed by atoms with Gasteiger partial charge in [-0.2, -0.15) is 0 Å². The van der Waals surface area contributed by atoms with Gasteiger partial charge in [0.1, 0.15) is 26.9 Å². The van der Waals surface area contributed by atoms with Crippen LogP contribution in [0.25, 0.3) is 0 Å². The zero-order valence-corrected chi connectivity index (χ0v) is 26.4. The van der Waals surface area contributed by atoms with Gasteiger partial charge in [-0.05, 0) is 0 Å². The zero-order chi connectivity index (χ0) is 24.9. The third kappa shape index (κ3) is 18.9. The number of hydrogen-bond donors (Lipinski definition) is 0. The molecule has 0 unspecified atom stereocenters. The fourth-order valence-corrected chi connectivity index (χ4v) is 2.78. The van der Waals surface area contributed by atoms with Gasteiger partial charge >= 0.3 is 0 Å². The normalized spacial score (nSPS) is 9.00. The second kappa shape index (κ2) is 20.8. The van der Waals surface area contributed by atoms with Gasteiger partial charge in [-0.3, -0.25) is 0 Å². The van der Waals surface area contributed by atoms with Gasteiger partial charge in [-0.15, -0.1) is 0 Å². The monoisotopic (exact) mass is 773 g/mol. The van der Waals surface area contributed by atoms with Crippen molar-refractivity contribution < 1.29 is 0 Å². The van der Waals surface area contributed by atoms with Gasteiger partial charge in [0.2, 0.25) is 0 Å². The molecule has 174 valence electrons. The first-order valence-corrected chi connectivity index (χ1v) is 12.5. The molecule has 0 saturated heterocycles. The molecule has 0 fully saturated rings. The summed E-state index contributed by atoms with van der Waals surface area (Å²) in [6.07, 6.45) is 0. The summed E-state index contributed by atoms with van der Waals surface area (Å²) >= 11 is 95.4. The Labute approximate surface area is 262 Å². The molecule has 0 radical (unpaired) electrons. The van der Waals surface area contributed by atoms with Crippen molar-refractivity contribution in [2.45, 2.75) is 0 Å². The third-order valence-electron chi connectivity index (χ3n) is 1.57. The Morgan fingerprint density at radius 3 is 0.267 bits per heavy atom. The van der Waals surface area contributed by atoms with Crippen molar-refractivity contribution in [1.82, 2.24) is 0 Å². The Morgan fingerprint density at radius 2 is 0.233 bits per heavy atom. The summed E-state index contributed by atoms with van der Waals surface area (Å²) in [6.45, 7) is 0. The first-order valence-electron chi connectivity index (χ1n) is 5.65. The molecule has 0 atom stereocenters. The average Bonchev–Trinajstić information content (AvgIpc) is 2.64. The van der Waals surface area contributed by atoms with Gasteiger partial charge in [0.15, 0.2) is 0 Å². The van der Waals surface area contributed by atoms with E-state index in [1.165, 1.54) is 0 Å². The van der Waals surface area contributed by atoms with Gasteiger partial charge < -0.3 is 0 Å². The quantitative estimate of drug-likeness (QED) is 0.250. The van der Waals surface area contributed by atoms with E-state index in [2.05, 4.69) is 0 Å². The molecular weight excluding hydrogens is 782 g/mol. The predicted molar refractivity (Wildman–Crippen MR) is 148 cm³/mol. The molecular formula is C12Cl18. The molecule has 30 heavy (non-hydrogen) atoms. The van der Waals surface area contributed by atoms with Crippen LogP contribution in [0, 0.1) is 0 Å². The molecule has 0 aliphatic carbocycles. The Balaban J connectivity index is -0.000000364. The lowest BCUT2D eigenvalue weighted by Gasteiger charge is -1.94. The van der Waals surface area contributed by atoms with E-state index in [0.717, 1.165) is 0 Å². The molecule has 0 nitrogen and oxygen atoms in total. The molecule has 0 amide bonds. The van der Waals surface area contributed by atoms with Crippen molar-refractivity contribution >= 4 is 209 Å². The van der Waals surface area contributed by atoms with Crippen LogP contribution in [0.2, 0.25) is 0 Å². The smallest absolute Gasteiger partial charge is 0.0800 e. The van der Waals surface area contributed by atoms with Gasteiger partial charge in [-0.25, -0.2) is 0 Å². The summed E-state index contributed by atoms with van der Waals surface area (Å²) < 4.78 is -1.05. The van der Waals surface area contributed by atoms with E-state index in [9.17, 15) is 0 Å². The number of hydrogen-bond acceptors (Lipinski definition) is 0. The topological polar surface area (TPSA) is 0 Å². The molecule has 0 aromatic heterocycles. The summed E-state index contributed by atoms with van der Waals surface area (Å²) in [7, 11) is 0. The summed E-state index contributed by atoms with van der Waals surface area (Å²) in [4.78, 5) is 0. The summed E-state index contributed by atoms with van der Waals surface area (Å²) in [5.74, 6) is 0. The Bertz CT molecular complexity index is 584. The lowest BCUT2D eigenvalue weighted by Crippen LogP contribution is -1.73. The van der Waals surface area contributed by atoms with Crippen LogP contribution < -0.4 is 0 Å². The van der Waals surface area contributed by atoms with Gasteiger partial charge in [-0.1, -0.05) is 209 Å². The van der Waals surface area contributed by atoms with Crippen LogP contribution in [0.4, 0.5) is 0 Å². The van der Waals surface area contributed by atoms with E-state index < -0.39 is 0 Å². The zero-order valence-electron chi connectivity index (χ0n) is 12.8. The van der Waals surface area contributed by atoms with Crippen LogP contribution in [-0.4, -0.2) is 0 Å². The fourth-order valence-electron chi connectivity index (χ4n) is 0.498. The molecule has 0 N–H and O–H groups in total. The molecule has 0 aliphatic rings. The van der Waals surface area contributed by atoms with Crippen molar-refractivity contribution in [2.75, 3.05) is 0 Å². The molecule has 0 aliphatic heterocycles. The van der Waals surface area contributed by atoms with Crippen molar-refractivity contribution in [2.24, 2.45) is 0 Å². The highest BCUT2D eigenvalue weighted by molar-refractivity contribution is 6.67. The first-order chi connectivity index (χ1) is 13.4. The average molecular weight is 782 g/mol. The lowest BCUT2D eigenvalue weighted by molar-refractivity contribution is 1.84. The maximum atomic E-state index is 5.42. The minimum absolute atomic E-state index is 0.0648. The van der Waals surface area contributed by atoms with Crippen LogP contribution in [0.5, 0.6) is 0 Å². The Kier molecular flexibility index (Phi) is 26.5. The molecule has 0 spiro atoms. The Hall–Kier alpha value is 3.66. The number of rotatable bonds is 3. The highest BCUT2D eigenvalue weighted by Gasteiger charge is 2.08. The second-order valence-electron chi connectivity index (χ2n) is 3.45. The molecule has 0 heterocycles. The van der Waals surface area contributed by atoms with E-state index in [0.29, 0.717) is 0 Å².